The Morgan fingerprint density at radius 1 is 1.24 bits per heavy atom. The van der Waals surface area contributed by atoms with Crippen LogP contribution in [0.25, 0.3) is 10.9 Å². The fraction of sp³-hybridized carbons (Fsp3) is 0.412. The maximum atomic E-state index is 11.2. The van der Waals surface area contributed by atoms with Crippen molar-refractivity contribution < 1.29 is 14.6 Å². The lowest BCUT2D eigenvalue weighted by Crippen LogP contribution is -2.23. The second-order valence-electron chi connectivity index (χ2n) is 5.83. The number of aromatic carboxylic acids is 1. The number of para-hydroxylation sites is 1. The van der Waals surface area contributed by atoms with Crippen LogP contribution in [0.5, 0.6) is 5.75 Å². The van der Waals surface area contributed by atoms with Crippen LogP contribution in [0.1, 0.15) is 43.1 Å². The molecule has 0 saturated heterocycles. The van der Waals surface area contributed by atoms with E-state index in [0.717, 1.165) is 24.1 Å². The lowest BCUT2D eigenvalue weighted by Gasteiger charge is -2.27. The number of benzene rings is 1. The lowest BCUT2D eigenvalue weighted by atomic mass is 9.89. The number of nitrogens with zero attached hydrogens (tertiary/aromatic N) is 1. The van der Waals surface area contributed by atoms with Crippen molar-refractivity contribution in [2.45, 2.75) is 38.7 Å². The molecule has 0 aliphatic heterocycles. The molecular formula is C17H19NO3. The first-order chi connectivity index (χ1) is 10.1. The molecular weight excluding hydrogens is 266 g/mol. The molecule has 4 nitrogen and oxygen atoms in total. The van der Waals surface area contributed by atoms with E-state index in [0.29, 0.717) is 11.3 Å². The zero-order valence-electron chi connectivity index (χ0n) is 12.1. The third-order valence-electron chi connectivity index (χ3n) is 4.15. The van der Waals surface area contributed by atoms with Crippen molar-refractivity contribution in [1.29, 1.82) is 0 Å². The molecule has 0 bridgehead atoms. The minimum atomic E-state index is -1.03. The van der Waals surface area contributed by atoms with Gasteiger partial charge in [0, 0.05) is 11.5 Å². The van der Waals surface area contributed by atoms with Crippen molar-refractivity contribution in [3.8, 4) is 5.75 Å². The topological polar surface area (TPSA) is 59.4 Å². The van der Waals surface area contributed by atoms with Crippen molar-refractivity contribution in [2.75, 3.05) is 0 Å². The van der Waals surface area contributed by atoms with Crippen LogP contribution in [0.3, 0.4) is 0 Å². The van der Waals surface area contributed by atoms with Crippen molar-refractivity contribution in [2.24, 2.45) is 5.92 Å². The molecule has 1 heterocycles. The first-order valence-corrected chi connectivity index (χ1v) is 7.43. The van der Waals surface area contributed by atoms with Gasteiger partial charge in [0.1, 0.15) is 5.75 Å². The van der Waals surface area contributed by atoms with Crippen molar-refractivity contribution in [3.05, 3.63) is 36.0 Å². The van der Waals surface area contributed by atoms with Crippen LogP contribution in [0.2, 0.25) is 0 Å². The highest BCUT2D eigenvalue weighted by Crippen LogP contribution is 2.31. The van der Waals surface area contributed by atoms with E-state index in [-0.39, 0.29) is 11.8 Å². The zero-order chi connectivity index (χ0) is 14.8. The Hall–Kier alpha value is -2.10. The molecule has 1 aliphatic carbocycles. The Labute approximate surface area is 123 Å². The molecule has 4 heteroatoms. The Balaban J connectivity index is 1.94. The highest BCUT2D eigenvalue weighted by molar-refractivity contribution is 5.93. The van der Waals surface area contributed by atoms with E-state index >= 15 is 0 Å². The average molecular weight is 285 g/mol. The number of aromatic nitrogens is 1. The van der Waals surface area contributed by atoms with Crippen molar-refractivity contribution >= 4 is 16.9 Å². The average Bonchev–Trinajstić information content (AvgIpc) is 2.49. The Kier molecular flexibility index (Phi) is 3.78. The number of hydrogen-bond donors (Lipinski definition) is 1. The zero-order valence-corrected chi connectivity index (χ0v) is 12.1. The number of rotatable bonds is 3. The van der Waals surface area contributed by atoms with Gasteiger partial charge in [-0.25, -0.2) is 9.78 Å². The Bertz CT molecular complexity index is 660. The third-order valence-corrected chi connectivity index (χ3v) is 4.15. The summed E-state index contributed by atoms with van der Waals surface area (Å²) < 4.78 is 6.10. The number of hydrogen-bond acceptors (Lipinski definition) is 3. The molecule has 1 N–H and O–H groups in total. The number of carbonyl (C=O) groups is 1. The van der Waals surface area contributed by atoms with Gasteiger partial charge in [0.05, 0.1) is 11.6 Å². The molecule has 0 amide bonds. The summed E-state index contributed by atoms with van der Waals surface area (Å²) in [7, 11) is 0. The quantitative estimate of drug-likeness (QED) is 0.929. The normalized spacial score (nSPS) is 22.1. The highest BCUT2D eigenvalue weighted by Gasteiger charge is 2.21. The molecule has 0 spiro atoms. The minimum Gasteiger partial charge on any atom is -0.490 e. The first-order valence-electron chi connectivity index (χ1n) is 7.43. The molecule has 1 aromatic carbocycles. The van der Waals surface area contributed by atoms with Gasteiger partial charge in [-0.2, -0.15) is 0 Å². The minimum absolute atomic E-state index is 0.0351. The standard InChI is InChI=1S/C17H19NO3/c1-11-6-8-12(9-7-11)21-16-10-15(17(19)20)18-14-5-3-2-4-13(14)16/h2-5,10-12H,6-9H2,1H3,(H,19,20). The summed E-state index contributed by atoms with van der Waals surface area (Å²) in [6, 6.07) is 9.06. The molecule has 110 valence electrons. The number of ether oxygens (including phenoxy) is 1. The first kappa shape index (κ1) is 13.9. The Morgan fingerprint density at radius 2 is 1.95 bits per heavy atom. The highest BCUT2D eigenvalue weighted by atomic mass is 16.5. The summed E-state index contributed by atoms with van der Waals surface area (Å²) in [4.78, 5) is 15.4. The number of pyridine rings is 1. The van der Waals surface area contributed by atoms with Gasteiger partial charge in [-0.05, 0) is 43.7 Å². The number of carboxylic acid groups (broad SMARTS) is 1. The summed E-state index contributed by atoms with van der Waals surface area (Å²) >= 11 is 0. The second kappa shape index (κ2) is 5.72. The van der Waals surface area contributed by atoms with Crippen molar-refractivity contribution in [1.82, 2.24) is 4.98 Å². The van der Waals surface area contributed by atoms with Crippen LogP contribution in [-0.4, -0.2) is 22.2 Å². The van der Waals surface area contributed by atoms with E-state index in [1.54, 1.807) is 6.07 Å². The van der Waals surface area contributed by atoms with Crippen LogP contribution in [0.15, 0.2) is 30.3 Å². The maximum absolute atomic E-state index is 11.2. The molecule has 1 saturated carbocycles. The lowest BCUT2D eigenvalue weighted by molar-refractivity contribution is 0.0689. The van der Waals surface area contributed by atoms with Gasteiger partial charge >= 0.3 is 5.97 Å². The third kappa shape index (κ3) is 2.99. The largest absolute Gasteiger partial charge is 0.490 e. The molecule has 1 fully saturated rings. The summed E-state index contributed by atoms with van der Waals surface area (Å²) in [5.41, 5.74) is 0.699. The fourth-order valence-corrected chi connectivity index (χ4v) is 2.88. The number of carboxylic acids is 1. The van der Waals surface area contributed by atoms with Gasteiger partial charge < -0.3 is 9.84 Å². The summed E-state index contributed by atoms with van der Waals surface area (Å²) in [5.74, 6) is 0.369. The van der Waals surface area contributed by atoms with E-state index in [1.807, 2.05) is 24.3 Å². The van der Waals surface area contributed by atoms with Crippen LogP contribution in [0, 0.1) is 5.92 Å². The Morgan fingerprint density at radius 3 is 2.67 bits per heavy atom. The maximum Gasteiger partial charge on any atom is 0.354 e. The van der Waals surface area contributed by atoms with E-state index < -0.39 is 5.97 Å². The van der Waals surface area contributed by atoms with Crippen LogP contribution < -0.4 is 4.74 Å². The van der Waals surface area contributed by atoms with Crippen LogP contribution in [-0.2, 0) is 0 Å². The van der Waals surface area contributed by atoms with Gasteiger partial charge in [0.2, 0.25) is 0 Å². The molecule has 2 aromatic rings. The monoisotopic (exact) mass is 285 g/mol. The molecule has 21 heavy (non-hydrogen) atoms. The van der Waals surface area contributed by atoms with E-state index in [1.165, 1.54) is 12.8 Å². The van der Waals surface area contributed by atoms with Gasteiger partial charge in [0.15, 0.2) is 5.69 Å². The predicted octanol–water partition coefficient (Wildman–Crippen LogP) is 3.89. The second-order valence-corrected chi connectivity index (χ2v) is 5.83. The fourth-order valence-electron chi connectivity index (χ4n) is 2.88. The van der Waals surface area contributed by atoms with E-state index in [9.17, 15) is 9.90 Å². The van der Waals surface area contributed by atoms with Crippen LogP contribution >= 0.6 is 0 Å². The predicted molar refractivity (Wildman–Crippen MR) is 80.8 cm³/mol. The van der Waals surface area contributed by atoms with Gasteiger partial charge in [-0.3, -0.25) is 0 Å². The SMILES string of the molecule is CC1CCC(Oc2cc(C(=O)O)nc3ccccc23)CC1. The van der Waals surface area contributed by atoms with Gasteiger partial charge in [-0.15, -0.1) is 0 Å². The van der Waals surface area contributed by atoms with Crippen molar-refractivity contribution in [3.63, 3.8) is 0 Å². The summed E-state index contributed by atoms with van der Waals surface area (Å²) in [6.07, 6.45) is 4.56. The van der Waals surface area contributed by atoms with Gasteiger partial charge in [0.25, 0.3) is 0 Å². The molecule has 1 aliphatic rings. The van der Waals surface area contributed by atoms with E-state index in [2.05, 4.69) is 11.9 Å². The molecule has 1 aromatic heterocycles. The molecule has 0 atom stereocenters. The van der Waals surface area contributed by atoms with Crippen LogP contribution in [0.4, 0.5) is 0 Å². The molecule has 0 unspecified atom stereocenters. The molecule has 3 rings (SSSR count). The number of fused-ring (bicyclic) bond motifs is 1. The molecule has 0 radical (unpaired) electrons. The smallest absolute Gasteiger partial charge is 0.354 e. The van der Waals surface area contributed by atoms with E-state index in [4.69, 9.17) is 4.74 Å². The summed E-state index contributed by atoms with van der Waals surface area (Å²) in [5, 5.41) is 10.1. The summed E-state index contributed by atoms with van der Waals surface area (Å²) in [6.45, 7) is 2.26. The van der Waals surface area contributed by atoms with Gasteiger partial charge in [-0.1, -0.05) is 19.1 Å².